The van der Waals surface area contributed by atoms with E-state index in [1.807, 2.05) is 36.6 Å². The first-order valence-corrected chi connectivity index (χ1v) is 7.33. The zero-order valence-corrected chi connectivity index (χ0v) is 12.0. The minimum Gasteiger partial charge on any atom is -0.486 e. The van der Waals surface area contributed by atoms with Crippen LogP contribution in [0, 0.1) is 6.92 Å². The Labute approximate surface area is 121 Å². The summed E-state index contributed by atoms with van der Waals surface area (Å²) in [7, 11) is 0. The number of hydrogen-bond donors (Lipinski definition) is 1. The Morgan fingerprint density at radius 1 is 1.25 bits per heavy atom. The highest BCUT2D eigenvalue weighted by Crippen LogP contribution is 2.30. The third kappa shape index (κ3) is 2.63. The summed E-state index contributed by atoms with van der Waals surface area (Å²) in [6.07, 6.45) is 0. The number of thiophene rings is 1. The maximum atomic E-state index is 12.0. The fraction of sp³-hybridized carbons (Fsp3) is 0.267. The highest BCUT2D eigenvalue weighted by molar-refractivity contribution is 7.12. The predicted molar refractivity (Wildman–Crippen MR) is 77.7 cm³/mol. The number of benzene rings is 1. The normalized spacial score (nSPS) is 13.1. The number of carbonyl (C=O) groups is 1. The lowest BCUT2D eigenvalue weighted by Crippen LogP contribution is -2.22. The second-order valence-corrected chi connectivity index (χ2v) is 5.51. The molecule has 104 valence electrons. The van der Waals surface area contributed by atoms with E-state index in [0.717, 1.165) is 27.5 Å². The van der Waals surface area contributed by atoms with Crippen LogP contribution in [0.25, 0.3) is 0 Å². The van der Waals surface area contributed by atoms with Crippen LogP contribution in [0.15, 0.2) is 29.6 Å². The van der Waals surface area contributed by atoms with Gasteiger partial charge in [-0.1, -0.05) is 6.07 Å². The minimum atomic E-state index is -0.0348. The summed E-state index contributed by atoms with van der Waals surface area (Å²) in [6.45, 7) is 3.57. The van der Waals surface area contributed by atoms with E-state index in [1.54, 1.807) is 0 Å². The third-order valence-corrected chi connectivity index (χ3v) is 4.14. The van der Waals surface area contributed by atoms with Gasteiger partial charge in [0.15, 0.2) is 11.5 Å². The molecular formula is C15H15NO3S. The average Bonchev–Trinajstić information content (AvgIpc) is 2.91. The van der Waals surface area contributed by atoms with Crippen molar-refractivity contribution >= 4 is 17.2 Å². The van der Waals surface area contributed by atoms with Crippen molar-refractivity contribution in [3.8, 4) is 11.5 Å². The number of fused-ring (bicyclic) bond motifs is 1. The molecule has 1 aromatic carbocycles. The number of nitrogens with one attached hydrogen (secondary N) is 1. The standard InChI is InChI=1S/C15H15NO3S/c1-10-4-7-20-14(10)15(17)16-9-11-2-3-12-13(8-11)19-6-5-18-12/h2-4,7-8H,5-6,9H2,1H3,(H,16,17). The molecule has 0 aliphatic carbocycles. The molecule has 5 heteroatoms. The lowest BCUT2D eigenvalue weighted by molar-refractivity contribution is 0.0954. The van der Waals surface area contributed by atoms with Crippen LogP contribution in [-0.2, 0) is 6.54 Å². The quantitative estimate of drug-likeness (QED) is 0.945. The molecule has 0 saturated carbocycles. The fourth-order valence-electron chi connectivity index (χ4n) is 2.07. The SMILES string of the molecule is Cc1ccsc1C(=O)NCc1ccc2c(c1)OCCO2. The highest BCUT2D eigenvalue weighted by Gasteiger charge is 2.13. The Bertz CT molecular complexity index is 636. The summed E-state index contributed by atoms with van der Waals surface area (Å²) in [5.74, 6) is 1.48. The number of rotatable bonds is 3. The summed E-state index contributed by atoms with van der Waals surface area (Å²) in [5, 5.41) is 4.85. The largest absolute Gasteiger partial charge is 0.486 e. The van der Waals surface area contributed by atoms with Crippen molar-refractivity contribution in [2.45, 2.75) is 13.5 Å². The van der Waals surface area contributed by atoms with Crippen molar-refractivity contribution in [2.24, 2.45) is 0 Å². The van der Waals surface area contributed by atoms with Gasteiger partial charge in [0.25, 0.3) is 5.91 Å². The third-order valence-electron chi connectivity index (χ3n) is 3.13. The van der Waals surface area contributed by atoms with E-state index < -0.39 is 0 Å². The van der Waals surface area contributed by atoms with Crippen molar-refractivity contribution in [2.75, 3.05) is 13.2 Å². The van der Waals surface area contributed by atoms with Gasteiger partial charge in [-0.2, -0.15) is 0 Å². The van der Waals surface area contributed by atoms with Gasteiger partial charge in [0.05, 0.1) is 4.88 Å². The molecule has 1 aliphatic heterocycles. The second-order valence-electron chi connectivity index (χ2n) is 4.59. The first kappa shape index (κ1) is 13.0. The molecule has 1 N–H and O–H groups in total. The number of amides is 1. The zero-order chi connectivity index (χ0) is 13.9. The molecular weight excluding hydrogens is 274 g/mol. The maximum absolute atomic E-state index is 12.0. The molecule has 0 spiro atoms. The van der Waals surface area contributed by atoms with E-state index in [9.17, 15) is 4.79 Å². The van der Waals surface area contributed by atoms with Crippen molar-refractivity contribution in [1.82, 2.24) is 5.32 Å². The van der Waals surface area contributed by atoms with Crippen molar-refractivity contribution in [1.29, 1.82) is 0 Å². The summed E-state index contributed by atoms with van der Waals surface area (Å²) in [4.78, 5) is 12.8. The molecule has 20 heavy (non-hydrogen) atoms. The van der Waals surface area contributed by atoms with Gasteiger partial charge in [-0.15, -0.1) is 11.3 Å². The zero-order valence-electron chi connectivity index (χ0n) is 11.1. The number of hydrogen-bond acceptors (Lipinski definition) is 4. The van der Waals surface area contributed by atoms with Crippen molar-refractivity contribution in [3.05, 3.63) is 45.6 Å². The van der Waals surface area contributed by atoms with Gasteiger partial charge in [0, 0.05) is 6.54 Å². The van der Waals surface area contributed by atoms with Gasteiger partial charge >= 0.3 is 0 Å². The molecule has 2 aromatic rings. The van der Waals surface area contributed by atoms with Crippen molar-refractivity contribution in [3.63, 3.8) is 0 Å². The Hall–Kier alpha value is -2.01. The molecule has 0 radical (unpaired) electrons. The highest BCUT2D eigenvalue weighted by atomic mass is 32.1. The Morgan fingerprint density at radius 3 is 2.80 bits per heavy atom. The monoisotopic (exact) mass is 289 g/mol. The molecule has 1 amide bonds. The first-order valence-electron chi connectivity index (χ1n) is 6.45. The van der Waals surface area contributed by atoms with Crippen LogP contribution in [0.4, 0.5) is 0 Å². The summed E-state index contributed by atoms with van der Waals surface area (Å²) < 4.78 is 11.0. The van der Waals surface area contributed by atoms with Crippen LogP contribution in [-0.4, -0.2) is 19.1 Å². The Balaban J connectivity index is 1.67. The molecule has 3 rings (SSSR count). The van der Waals surface area contributed by atoms with E-state index in [0.29, 0.717) is 19.8 Å². The summed E-state index contributed by atoms with van der Waals surface area (Å²) in [6, 6.07) is 7.68. The van der Waals surface area contributed by atoms with Gasteiger partial charge in [-0.05, 0) is 41.6 Å². The molecule has 0 atom stereocenters. The predicted octanol–water partition coefficient (Wildman–Crippen LogP) is 2.76. The van der Waals surface area contributed by atoms with E-state index in [4.69, 9.17) is 9.47 Å². The van der Waals surface area contributed by atoms with Crippen molar-refractivity contribution < 1.29 is 14.3 Å². The maximum Gasteiger partial charge on any atom is 0.261 e. The van der Waals surface area contributed by atoms with E-state index in [-0.39, 0.29) is 5.91 Å². The van der Waals surface area contributed by atoms with Gasteiger partial charge in [0.1, 0.15) is 13.2 Å². The van der Waals surface area contributed by atoms with Gasteiger partial charge in [-0.3, -0.25) is 4.79 Å². The number of aryl methyl sites for hydroxylation is 1. The number of ether oxygens (including phenoxy) is 2. The van der Waals surface area contributed by atoms with E-state index in [1.165, 1.54) is 11.3 Å². The van der Waals surface area contributed by atoms with Gasteiger partial charge in [-0.25, -0.2) is 0 Å². The lowest BCUT2D eigenvalue weighted by atomic mass is 10.2. The molecule has 1 aromatic heterocycles. The smallest absolute Gasteiger partial charge is 0.261 e. The average molecular weight is 289 g/mol. The Morgan fingerprint density at radius 2 is 2.05 bits per heavy atom. The molecule has 2 heterocycles. The molecule has 0 fully saturated rings. The molecule has 1 aliphatic rings. The fourth-order valence-corrected chi connectivity index (χ4v) is 2.91. The van der Waals surface area contributed by atoms with E-state index in [2.05, 4.69) is 5.32 Å². The minimum absolute atomic E-state index is 0.0348. The first-order chi connectivity index (χ1) is 9.74. The lowest BCUT2D eigenvalue weighted by Gasteiger charge is -2.18. The molecule has 0 unspecified atom stereocenters. The molecule has 0 saturated heterocycles. The summed E-state index contributed by atoms with van der Waals surface area (Å²) >= 11 is 1.46. The van der Waals surface area contributed by atoms with Crippen LogP contribution in [0.2, 0.25) is 0 Å². The molecule has 0 bridgehead atoms. The van der Waals surface area contributed by atoms with Gasteiger partial charge < -0.3 is 14.8 Å². The summed E-state index contributed by atoms with van der Waals surface area (Å²) in [5.41, 5.74) is 2.01. The van der Waals surface area contributed by atoms with Crippen LogP contribution in [0.1, 0.15) is 20.8 Å². The topological polar surface area (TPSA) is 47.6 Å². The number of carbonyl (C=O) groups excluding carboxylic acids is 1. The van der Waals surface area contributed by atoms with E-state index >= 15 is 0 Å². The Kier molecular flexibility index (Phi) is 3.60. The molecule has 4 nitrogen and oxygen atoms in total. The van der Waals surface area contributed by atoms with Crippen LogP contribution in [0.5, 0.6) is 11.5 Å². The van der Waals surface area contributed by atoms with Gasteiger partial charge in [0.2, 0.25) is 0 Å². The van der Waals surface area contributed by atoms with Crippen LogP contribution >= 0.6 is 11.3 Å². The van der Waals surface area contributed by atoms with Crippen LogP contribution in [0.3, 0.4) is 0 Å². The van der Waals surface area contributed by atoms with Crippen LogP contribution < -0.4 is 14.8 Å². The second kappa shape index (κ2) is 5.54.